The van der Waals surface area contributed by atoms with Crippen LogP contribution in [0.25, 0.3) is 0 Å². The van der Waals surface area contributed by atoms with Crippen LogP contribution in [0.3, 0.4) is 0 Å². The molecule has 0 amide bonds. The molecule has 2 aromatic rings. The van der Waals surface area contributed by atoms with Crippen LogP contribution in [-0.4, -0.2) is 25.3 Å². The minimum absolute atomic E-state index is 0.235. The smallest absolute Gasteiger partial charge is 0.335 e. The van der Waals surface area contributed by atoms with E-state index in [9.17, 15) is 4.79 Å². The number of carbonyl (C=O) groups is 1. The average Bonchev–Trinajstić information content (AvgIpc) is 2.52. The molecule has 0 saturated carbocycles. The summed E-state index contributed by atoms with van der Waals surface area (Å²) in [5.41, 5.74) is 1.01. The summed E-state index contributed by atoms with van der Waals surface area (Å²) in [6.45, 7) is 0.261. The van der Waals surface area contributed by atoms with Gasteiger partial charge < -0.3 is 19.3 Å². The van der Waals surface area contributed by atoms with E-state index in [1.165, 1.54) is 0 Å². The molecular formula is C16H16O5. The first-order valence-corrected chi connectivity index (χ1v) is 6.30. The number of aromatic carboxylic acids is 1. The zero-order chi connectivity index (χ0) is 15.2. The molecule has 0 heterocycles. The molecule has 21 heavy (non-hydrogen) atoms. The molecule has 0 spiro atoms. The van der Waals surface area contributed by atoms with Crippen molar-refractivity contribution < 1.29 is 24.1 Å². The fourth-order valence-electron chi connectivity index (χ4n) is 1.83. The summed E-state index contributed by atoms with van der Waals surface area (Å²) in [5, 5.41) is 8.96. The fraction of sp³-hybridized carbons (Fsp3) is 0.188. The number of carboxylic acids is 1. The van der Waals surface area contributed by atoms with E-state index in [2.05, 4.69) is 0 Å². The molecule has 0 bridgehead atoms. The Balaban J connectivity index is 2.12. The van der Waals surface area contributed by atoms with E-state index in [4.69, 9.17) is 19.3 Å². The topological polar surface area (TPSA) is 65.0 Å². The summed E-state index contributed by atoms with van der Waals surface area (Å²) in [5.74, 6) is 0.888. The number of benzene rings is 2. The van der Waals surface area contributed by atoms with Crippen LogP contribution in [0, 0.1) is 0 Å². The summed E-state index contributed by atoms with van der Waals surface area (Å²) in [4.78, 5) is 10.9. The van der Waals surface area contributed by atoms with Crippen LogP contribution in [0.15, 0.2) is 42.5 Å². The molecule has 0 aliphatic heterocycles. The van der Waals surface area contributed by atoms with Gasteiger partial charge in [-0.25, -0.2) is 4.79 Å². The molecule has 0 aliphatic carbocycles. The lowest BCUT2D eigenvalue weighted by Crippen LogP contribution is -2.00. The van der Waals surface area contributed by atoms with Crippen LogP contribution in [0.2, 0.25) is 0 Å². The van der Waals surface area contributed by atoms with Crippen molar-refractivity contribution in [3.05, 3.63) is 53.6 Å². The third-order valence-corrected chi connectivity index (χ3v) is 2.90. The number of carboxylic acid groups (broad SMARTS) is 1. The highest BCUT2D eigenvalue weighted by Crippen LogP contribution is 2.27. The van der Waals surface area contributed by atoms with Gasteiger partial charge in [0.2, 0.25) is 0 Å². The van der Waals surface area contributed by atoms with Gasteiger partial charge in [-0.1, -0.05) is 12.1 Å². The Morgan fingerprint density at radius 2 is 1.62 bits per heavy atom. The first-order valence-electron chi connectivity index (χ1n) is 6.30. The van der Waals surface area contributed by atoms with Crippen molar-refractivity contribution in [3.63, 3.8) is 0 Å². The number of hydrogen-bond donors (Lipinski definition) is 1. The number of rotatable bonds is 6. The van der Waals surface area contributed by atoms with E-state index in [1.807, 2.05) is 6.07 Å². The van der Waals surface area contributed by atoms with E-state index >= 15 is 0 Å². The highest BCUT2D eigenvalue weighted by Gasteiger charge is 2.06. The van der Waals surface area contributed by atoms with Crippen LogP contribution < -0.4 is 14.2 Å². The van der Waals surface area contributed by atoms with E-state index in [0.29, 0.717) is 17.2 Å². The van der Waals surface area contributed by atoms with Gasteiger partial charge in [0.05, 0.1) is 19.8 Å². The second-order valence-electron chi connectivity index (χ2n) is 4.34. The Morgan fingerprint density at radius 3 is 2.19 bits per heavy atom. The molecule has 0 atom stereocenters. The van der Waals surface area contributed by atoms with Gasteiger partial charge >= 0.3 is 5.97 Å². The van der Waals surface area contributed by atoms with E-state index in [0.717, 1.165) is 5.56 Å². The molecule has 110 valence electrons. The van der Waals surface area contributed by atoms with Gasteiger partial charge in [0.1, 0.15) is 23.9 Å². The molecule has 5 heteroatoms. The zero-order valence-corrected chi connectivity index (χ0v) is 11.8. The third-order valence-electron chi connectivity index (χ3n) is 2.90. The maximum absolute atomic E-state index is 10.9. The first kappa shape index (κ1) is 14.7. The lowest BCUT2D eigenvalue weighted by molar-refractivity contribution is 0.0696. The Kier molecular flexibility index (Phi) is 4.66. The number of methoxy groups -OCH3 is 2. The average molecular weight is 288 g/mol. The number of hydrogen-bond acceptors (Lipinski definition) is 4. The molecule has 0 saturated heterocycles. The van der Waals surface area contributed by atoms with E-state index in [-0.39, 0.29) is 12.2 Å². The van der Waals surface area contributed by atoms with Crippen LogP contribution >= 0.6 is 0 Å². The zero-order valence-electron chi connectivity index (χ0n) is 11.8. The maximum Gasteiger partial charge on any atom is 0.335 e. The van der Waals surface area contributed by atoms with Gasteiger partial charge in [-0.05, 0) is 17.7 Å². The normalized spacial score (nSPS) is 10.0. The van der Waals surface area contributed by atoms with Crippen molar-refractivity contribution in [1.29, 1.82) is 0 Å². The molecular weight excluding hydrogens is 272 g/mol. The molecule has 0 aromatic heterocycles. The van der Waals surface area contributed by atoms with Gasteiger partial charge in [-0.2, -0.15) is 0 Å². The van der Waals surface area contributed by atoms with Crippen LogP contribution in [0.4, 0.5) is 0 Å². The van der Waals surface area contributed by atoms with Crippen molar-refractivity contribution in [2.24, 2.45) is 0 Å². The Morgan fingerprint density at radius 1 is 1.00 bits per heavy atom. The van der Waals surface area contributed by atoms with Crippen LogP contribution in [-0.2, 0) is 6.61 Å². The predicted octanol–water partition coefficient (Wildman–Crippen LogP) is 2.98. The number of ether oxygens (including phenoxy) is 3. The molecule has 0 radical (unpaired) electrons. The van der Waals surface area contributed by atoms with E-state index < -0.39 is 5.97 Å². The van der Waals surface area contributed by atoms with Crippen LogP contribution in [0.5, 0.6) is 17.2 Å². The highest BCUT2D eigenvalue weighted by atomic mass is 16.5. The van der Waals surface area contributed by atoms with Crippen molar-refractivity contribution in [2.45, 2.75) is 6.61 Å². The van der Waals surface area contributed by atoms with Gasteiger partial charge in [0.25, 0.3) is 0 Å². The molecule has 1 N–H and O–H groups in total. The van der Waals surface area contributed by atoms with Gasteiger partial charge in [0, 0.05) is 18.2 Å². The van der Waals surface area contributed by atoms with Crippen molar-refractivity contribution in [2.75, 3.05) is 14.2 Å². The molecule has 5 nitrogen and oxygen atoms in total. The van der Waals surface area contributed by atoms with Gasteiger partial charge in [-0.15, -0.1) is 0 Å². The van der Waals surface area contributed by atoms with Crippen LogP contribution in [0.1, 0.15) is 15.9 Å². The summed E-state index contributed by atoms with van der Waals surface area (Å²) in [7, 11) is 3.13. The molecule has 2 rings (SSSR count). The predicted molar refractivity (Wildman–Crippen MR) is 77.3 cm³/mol. The minimum atomic E-state index is -0.958. The Bertz CT molecular complexity index is 614. The summed E-state index contributed by atoms with van der Waals surface area (Å²) >= 11 is 0. The summed E-state index contributed by atoms with van der Waals surface area (Å²) in [6.07, 6.45) is 0. The Hall–Kier alpha value is -2.69. The van der Waals surface area contributed by atoms with Gasteiger partial charge in [-0.3, -0.25) is 0 Å². The summed E-state index contributed by atoms with van der Waals surface area (Å²) < 4.78 is 16.0. The van der Waals surface area contributed by atoms with Crippen molar-refractivity contribution in [3.8, 4) is 17.2 Å². The minimum Gasteiger partial charge on any atom is -0.496 e. The molecule has 2 aromatic carbocycles. The quantitative estimate of drug-likeness (QED) is 0.885. The second-order valence-corrected chi connectivity index (χ2v) is 4.34. The standard InChI is InChI=1S/C16H16O5/c1-19-13-7-14(20-2)9-15(8-13)21-10-11-4-3-5-12(6-11)16(17)18/h3-9H,10H2,1-2H3,(H,17,18). The van der Waals surface area contributed by atoms with Crippen molar-refractivity contribution >= 4 is 5.97 Å². The second kappa shape index (κ2) is 6.65. The highest BCUT2D eigenvalue weighted by molar-refractivity contribution is 5.87. The van der Waals surface area contributed by atoms with Gasteiger partial charge in [0.15, 0.2) is 0 Å². The van der Waals surface area contributed by atoms with E-state index in [1.54, 1.807) is 50.6 Å². The molecule has 0 fully saturated rings. The first-order chi connectivity index (χ1) is 10.1. The largest absolute Gasteiger partial charge is 0.496 e. The molecule has 0 aliphatic rings. The third kappa shape index (κ3) is 3.89. The van der Waals surface area contributed by atoms with Crippen molar-refractivity contribution in [1.82, 2.24) is 0 Å². The Labute approximate surface area is 122 Å². The lowest BCUT2D eigenvalue weighted by atomic mass is 10.1. The monoisotopic (exact) mass is 288 g/mol. The fourth-order valence-corrected chi connectivity index (χ4v) is 1.83. The SMILES string of the molecule is COc1cc(OC)cc(OCc2cccc(C(=O)O)c2)c1. The maximum atomic E-state index is 10.9. The molecule has 0 unspecified atom stereocenters. The lowest BCUT2D eigenvalue weighted by Gasteiger charge is -2.10. The summed E-state index contributed by atoms with van der Waals surface area (Å²) in [6, 6.07) is 11.9.